The monoisotopic (exact) mass is 475 g/mol. The lowest BCUT2D eigenvalue weighted by Gasteiger charge is -2.13. The maximum atomic E-state index is 6.10. The van der Waals surface area contributed by atoms with Gasteiger partial charge in [0.25, 0.3) is 0 Å². The van der Waals surface area contributed by atoms with Gasteiger partial charge in [-0.25, -0.2) is 15.0 Å². The molecule has 1 N–H and O–H groups in total. The first-order chi connectivity index (χ1) is 16.6. The molecule has 9 heteroatoms. The van der Waals surface area contributed by atoms with Crippen molar-refractivity contribution < 1.29 is 14.2 Å². The number of benzene rings is 2. The summed E-state index contributed by atoms with van der Waals surface area (Å²) in [7, 11) is 1.64. The number of imidazole rings is 1. The molecule has 0 fully saturated rings. The molecule has 3 heterocycles. The summed E-state index contributed by atoms with van der Waals surface area (Å²) in [6.07, 6.45) is 4.98. The Hall–Kier alpha value is -3.88. The van der Waals surface area contributed by atoms with Crippen molar-refractivity contribution in [2.24, 2.45) is 0 Å². The highest BCUT2D eigenvalue weighted by atomic mass is 35.5. The highest BCUT2D eigenvalue weighted by molar-refractivity contribution is 6.29. The fourth-order valence-electron chi connectivity index (χ4n) is 3.57. The van der Waals surface area contributed by atoms with Crippen molar-refractivity contribution in [3.05, 3.63) is 78.0 Å². The maximum absolute atomic E-state index is 6.10. The maximum Gasteiger partial charge on any atom is 0.141 e. The standard InChI is InChI=1S/C25H22ClN5O3/c1-16-11-17(3-6-22(16)34-19-7-8-31-23(26)14-27-24(31)13-19)30-25-20-12-18(33-10-9-32-2)4-5-21(20)28-15-29-25/h3-8,11-15H,9-10H2,1-2H3,(H,28,29,30). The molecule has 3 aromatic heterocycles. The van der Waals surface area contributed by atoms with Gasteiger partial charge in [-0.3, -0.25) is 4.40 Å². The lowest BCUT2D eigenvalue weighted by atomic mass is 10.2. The number of ether oxygens (including phenoxy) is 3. The Balaban J connectivity index is 1.36. The van der Waals surface area contributed by atoms with Crippen molar-refractivity contribution in [2.75, 3.05) is 25.6 Å². The van der Waals surface area contributed by atoms with Crippen LogP contribution in [-0.2, 0) is 4.74 Å². The first-order valence-corrected chi connectivity index (χ1v) is 11.0. The normalized spacial score (nSPS) is 11.1. The average molecular weight is 476 g/mol. The van der Waals surface area contributed by atoms with E-state index >= 15 is 0 Å². The number of hydrogen-bond acceptors (Lipinski definition) is 7. The first-order valence-electron chi connectivity index (χ1n) is 10.7. The summed E-state index contributed by atoms with van der Waals surface area (Å²) >= 11 is 6.10. The zero-order valence-electron chi connectivity index (χ0n) is 18.7. The third-order valence-electron chi connectivity index (χ3n) is 5.27. The fourth-order valence-corrected chi connectivity index (χ4v) is 3.76. The summed E-state index contributed by atoms with van der Waals surface area (Å²) in [6, 6.07) is 15.3. The molecule has 0 saturated carbocycles. The number of rotatable bonds is 8. The summed E-state index contributed by atoms with van der Waals surface area (Å²) in [5, 5.41) is 4.80. The number of nitrogens with zero attached hydrogens (tertiary/aromatic N) is 4. The molecule has 0 radical (unpaired) electrons. The predicted octanol–water partition coefficient (Wildman–Crippen LogP) is 5.80. The van der Waals surface area contributed by atoms with E-state index in [2.05, 4.69) is 20.3 Å². The highest BCUT2D eigenvalue weighted by Gasteiger charge is 2.09. The van der Waals surface area contributed by atoms with Crippen molar-refractivity contribution in [1.82, 2.24) is 19.4 Å². The van der Waals surface area contributed by atoms with Crippen LogP contribution in [0.25, 0.3) is 16.6 Å². The van der Waals surface area contributed by atoms with Gasteiger partial charge < -0.3 is 19.5 Å². The fraction of sp³-hybridized carbons (Fsp3) is 0.160. The smallest absolute Gasteiger partial charge is 0.141 e. The van der Waals surface area contributed by atoms with Gasteiger partial charge in [-0.1, -0.05) is 11.6 Å². The van der Waals surface area contributed by atoms with Crippen LogP contribution in [0.3, 0.4) is 0 Å². The Morgan fingerprint density at radius 3 is 2.74 bits per heavy atom. The minimum atomic E-state index is 0.472. The summed E-state index contributed by atoms with van der Waals surface area (Å²) in [5.74, 6) is 2.85. The van der Waals surface area contributed by atoms with E-state index in [0.29, 0.717) is 29.9 Å². The lowest BCUT2D eigenvalue weighted by Crippen LogP contribution is -2.04. The minimum Gasteiger partial charge on any atom is -0.491 e. The van der Waals surface area contributed by atoms with Crippen molar-refractivity contribution >= 4 is 39.7 Å². The molecule has 5 aromatic rings. The molecule has 2 aromatic carbocycles. The molecule has 0 spiro atoms. The number of fused-ring (bicyclic) bond motifs is 2. The Kier molecular flexibility index (Phi) is 6.16. The van der Waals surface area contributed by atoms with Crippen molar-refractivity contribution in [3.63, 3.8) is 0 Å². The Labute approximate surface area is 201 Å². The summed E-state index contributed by atoms with van der Waals surface area (Å²) in [4.78, 5) is 13.1. The molecule has 34 heavy (non-hydrogen) atoms. The van der Waals surface area contributed by atoms with Crippen LogP contribution >= 0.6 is 11.6 Å². The van der Waals surface area contributed by atoms with Crippen LogP contribution in [0.1, 0.15) is 5.56 Å². The molecule has 5 rings (SSSR count). The number of halogens is 1. The average Bonchev–Trinajstić information content (AvgIpc) is 3.21. The third kappa shape index (κ3) is 4.59. The molecular formula is C25H22ClN5O3. The Morgan fingerprint density at radius 2 is 1.88 bits per heavy atom. The van der Waals surface area contributed by atoms with E-state index in [1.165, 1.54) is 0 Å². The first kappa shape index (κ1) is 21.9. The van der Waals surface area contributed by atoms with Crippen molar-refractivity contribution in [2.45, 2.75) is 6.92 Å². The van der Waals surface area contributed by atoms with E-state index < -0.39 is 0 Å². The van der Waals surface area contributed by atoms with Crippen LogP contribution in [0, 0.1) is 6.92 Å². The van der Waals surface area contributed by atoms with Crippen LogP contribution in [0.4, 0.5) is 11.5 Å². The van der Waals surface area contributed by atoms with E-state index in [1.54, 1.807) is 24.0 Å². The summed E-state index contributed by atoms with van der Waals surface area (Å²) in [6.45, 7) is 2.98. The van der Waals surface area contributed by atoms with Gasteiger partial charge in [-0.2, -0.15) is 0 Å². The molecular weight excluding hydrogens is 454 g/mol. The number of hydrogen-bond donors (Lipinski definition) is 1. The number of methoxy groups -OCH3 is 1. The second kappa shape index (κ2) is 9.54. The van der Waals surface area contributed by atoms with Gasteiger partial charge in [-0.15, -0.1) is 0 Å². The van der Waals surface area contributed by atoms with E-state index in [4.69, 9.17) is 25.8 Å². The van der Waals surface area contributed by atoms with Gasteiger partial charge in [0.05, 0.1) is 18.3 Å². The van der Waals surface area contributed by atoms with Crippen molar-refractivity contribution in [3.8, 4) is 17.2 Å². The van der Waals surface area contributed by atoms with Crippen LogP contribution in [0.2, 0.25) is 5.15 Å². The van der Waals surface area contributed by atoms with Gasteiger partial charge in [0.1, 0.15) is 46.8 Å². The summed E-state index contributed by atoms with van der Waals surface area (Å²) in [5.41, 5.74) is 3.39. The highest BCUT2D eigenvalue weighted by Crippen LogP contribution is 2.31. The van der Waals surface area contributed by atoms with Gasteiger partial charge in [0.2, 0.25) is 0 Å². The van der Waals surface area contributed by atoms with Crippen LogP contribution in [0.5, 0.6) is 17.2 Å². The topological polar surface area (TPSA) is 82.8 Å². The zero-order chi connectivity index (χ0) is 23.5. The molecule has 0 saturated heterocycles. The second-order valence-electron chi connectivity index (χ2n) is 7.62. The Bertz CT molecular complexity index is 1470. The van der Waals surface area contributed by atoms with Gasteiger partial charge in [0, 0.05) is 30.4 Å². The number of aryl methyl sites for hydroxylation is 1. The molecule has 0 atom stereocenters. The molecule has 0 aliphatic heterocycles. The number of nitrogens with one attached hydrogen (secondary N) is 1. The van der Waals surface area contributed by atoms with Gasteiger partial charge in [-0.05, 0) is 55.0 Å². The lowest BCUT2D eigenvalue weighted by molar-refractivity contribution is 0.146. The summed E-state index contributed by atoms with van der Waals surface area (Å²) < 4.78 is 18.7. The van der Waals surface area contributed by atoms with E-state index in [9.17, 15) is 0 Å². The quantitative estimate of drug-likeness (QED) is 0.284. The molecule has 8 nitrogen and oxygen atoms in total. The second-order valence-corrected chi connectivity index (χ2v) is 8.01. The van der Waals surface area contributed by atoms with Crippen molar-refractivity contribution in [1.29, 1.82) is 0 Å². The number of anilines is 2. The van der Waals surface area contributed by atoms with E-state index in [0.717, 1.165) is 39.3 Å². The number of pyridine rings is 1. The van der Waals surface area contributed by atoms with E-state index in [1.807, 2.05) is 61.7 Å². The predicted molar refractivity (Wildman–Crippen MR) is 132 cm³/mol. The van der Waals surface area contributed by atoms with Gasteiger partial charge in [0.15, 0.2) is 0 Å². The van der Waals surface area contributed by atoms with Crippen LogP contribution in [0.15, 0.2) is 67.3 Å². The SMILES string of the molecule is COCCOc1ccc2ncnc(Nc3ccc(Oc4ccn5c(Cl)cnc5c4)c(C)c3)c2c1. The largest absolute Gasteiger partial charge is 0.491 e. The Morgan fingerprint density at radius 1 is 0.971 bits per heavy atom. The third-order valence-corrected chi connectivity index (χ3v) is 5.55. The number of aromatic nitrogens is 4. The minimum absolute atomic E-state index is 0.472. The van der Waals surface area contributed by atoms with Crippen LogP contribution < -0.4 is 14.8 Å². The molecule has 0 amide bonds. The van der Waals surface area contributed by atoms with Crippen LogP contribution in [-0.4, -0.2) is 39.7 Å². The zero-order valence-corrected chi connectivity index (χ0v) is 19.4. The molecule has 172 valence electrons. The molecule has 0 unspecified atom stereocenters. The molecule has 0 aliphatic rings. The van der Waals surface area contributed by atoms with Gasteiger partial charge >= 0.3 is 0 Å². The molecule has 0 aliphatic carbocycles. The van der Waals surface area contributed by atoms with E-state index in [-0.39, 0.29) is 0 Å². The molecule has 0 bridgehead atoms.